The Morgan fingerprint density at radius 2 is 1.95 bits per heavy atom. The summed E-state index contributed by atoms with van der Waals surface area (Å²) in [5, 5.41) is 14.0. The van der Waals surface area contributed by atoms with Crippen LogP contribution in [0.1, 0.15) is 49.3 Å². The van der Waals surface area contributed by atoms with E-state index in [2.05, 4.69) is 15.6 Å². The molecule has 2 fully saturated rings. The number of carbonyl (C=O) groups excluding carboxylic acids is 1. The van der Waals surface area contributed by atoms with Crippen LogP contribution < -0.4 is 15.4 Å². The van der Waals surface area contributed by atoms with Crippen LogP contribution in [0.5, 0.6) is 5.88 Å². The highest BCUT2D eigenvalue weighted by molar-refractivity contribution is 5.90. The first-order valence-corrected chi connectivity index (χ1v) is 12.4. The van der Waals surface area contributed by atoms with E-state index in [9.17, 15) is 22.4 Å². The molecule has 4 rings (SSSR count). The molecule has 0 atom stereocenters. The van der Waals surface area contributed by atoms with Crippen molar-refractivity contribution in [2.24, 2.45) is 5.41 Å². The van der Waals surface area contributed by atoms with Gasteiger partial charge in [-0.2, -0.15) is 13.2 Å². The number of anilines is 1. The second kappa shape index (κ2) is 11.2. The zero-order chi connectivity index (χ0) is 26.6. The number of ether oxygens (including phenoxy) is 2. The van der Waals surface area contributed by atoms with Gasteiger partial charge in [0, 0.05) is 37.4 Å². The third-order valence-corrected chi connectivity index (χ3v) is 7.02. The van der Waals surface area contributed by atoms with Gasteiger partial charge in [-0.1, -0.05) is 0 Å². The summed E-state index contributed by atoms with van der Waals surface area (Å²) >= 11 is 0. The number of halogens is 4. The Morgan fingerprint density at radius 3 is 2.59 bits per heavy atom. The molecular formula is C26H31F4N3O4. The number of urea groups is 1. The van der Waals surface area contributed by atoms with E-state index < -0.39 is 23.4 Å². The lowest BCUT2D eigenvalue weighted by Crippen LogP contribution is -2.34. The SMILES string of the molecule is Cc1cc(F)c(NC(=O)NCCC2(C(F)(F)F)CC2)cc1-c1cc(OCCO)nc(C2CCOCC2)c1. The van der Waals surface area contributed by atoms with Crippen molar-refractivity contribution < 1.29 is 36.9 Å². The van der Waals surface area contributed by atoms with E-state index >= 15 is 0 Å². The van der Waals surface area contributed by atoms with Crippen LogP contribution in [-0.2, 0) is 4.74 Å². The van der Waals surface area contributed by atoms with E-state index in [1.54, 1.807) is 13.0 Å². The van der Waals surface area contributed by atoms with Crippen molar-refractivity contribution in [2.75, 3.05) is 38.3 Å². The summed E-state index contributed by atoms with van der Waals surface area (Å²) in [7, 11) is 0. The van der Waals surface area contributed by atoms with Gasteiger partial charge >= 0.3 is 12.2 Å². The summed E-state index contributed by atoms with van der Waals surface area (Å²) in [5.41, 5.74) is 0.922. The number of alkyl halides is 3. The number of rotatable bonds is 9. The van der Waals surface area contributed by atoms with Crippen molar-refractivity contribution in [3.63, 3.8) is 0 Å². The maximum absolute atomic E-state index is 14.7. The van der Waals surface area contributed by atoms with E-state index in [1.165, 1.54) is 12.1 Å². The number of hydrogen-bond acceptors (Lipinski definition) is 5. The van der Waals surface area contributed by atoms with Gasteiger partial charge in [0.15, 0.2) is 0 Å². The first-order chi connectivity index (χ1) is 17.6. The van der Waals surface area contributed by atoms with E-state index in [4.69, 9.17) is 14.6 Å². The van der Waals surface area contributed by atoms with Gasteiger partial charge in [-0.15, -0.1) is 0 Å². The van der Waals surface area contributed by atoms with Crippen molar-refractivity contribution in [3.8, 4) is 17.0 Å². The summed E-state index contributed by atoms with van der Waals surface area (Å²) < 4.78 is 65.1. The van der Waals surface area contributed by atoms with E-state index in [-0.39, 0.29) is 50.6 Å². The predicted molar refractivity (Wildman–Crippen MR) is 129 cm³/mol. The Hall–Kier alpha value is -2.92. The maximum atomic E-state index is 14.7. The van der Waals surface area contributed by atoms with Crippen LogP contribution in [0.15, 0.2) is 24.3 Å². The highest BCUT2D eigenvalue weighted by atomic mass is 19.4. The predicted octanol–water partition coefficient (Wildman–Crippen LogP) is 5.32. The van der Waals surface area contributed by atoms with Crippen LogP contribution in [0.25, 0.3) is 11.1 Å². The quantitative estimate of drug-likeness (QED) is 0.386. The molecule has 2 amide bonds. The lowest BCUT2D eigenvalue weighted by molar-refractivity contribution is -0.188. The van der Waals surface area contributed by atoms with Crippen LogP contribution in [0.2, 0.25) is 0 Å². The highest BCUT2D eigenvalue weighted by Gasteiger charge is 2.62. The van der Waals surface area contributed by atoms with Gasteiger partial charge in [0.2, 0.25) is 5.88 Å². The molecule has 1 aromatic carbocycles. The average molecular weight is 526 g/mol. The molecule has 1 saturated heterocycles. The van der Waals surface area contributed by atoms with Gasteiger partial charge in [0.05, 0.1) is 17.7 Å². The second-order valence-corrected chi connectivity index (χ2v) is 9.63. The molecule has 37 heavy (non-hydrogen) atoms. The number of benzene rings is 1. The first-order valence-electron chi connectivity index (χ1n) is 12.4. The Balaban J connectivity index is 1.52. The number of amides is 2. The number of aryl methyl sites for hydroxylation is 1. The smallest absolute Gasteiger partial charge is 0.394 e. The van der Waals surface area contributed by atoms with Gasteiger partial charge in [0.1, 0.15) is 12.4 Å². The van der Waals surface area contributed by atoms with Crippen molar-refractivity contribution in [3.05, 3.63) is 41.3 Å². The number of nitrogens with zero attached hydrogens (tertiary/aromatic N) is 1. The molecule has 11 heteroatoms. The molecule has 7 nitrogen and oxygen atoms in total. The monoisotopic (exact) mass is 525 g/mol. The van der Waals surface area contributed by atoms with Crippen molar-refractivity contribution in [2.45, 2.75) is 51.1 Å². The second-order valence-electron chi connectivity index (χ2n) is 9.63. The summed E-state index contributed by atoms with van der Waals surface area (Å²) in [5.74, 6) is -0.190. The summed E-state index contributed by atoms with van der Waals surface area (Å²) in [4.78, 5) is 16.9. The molecule has 1 aromatic heterocycles. The minimum Gasteiger partial charge on any atom is -0.475 e. The molecule has 3 N–H and O–H groups in total. The Morgan fingerprint density at radius 1 is 1.22 bits per heavy atom. The number of aromatic nitrogens is 1. The number of nitrogens with one attached hydrogen (secondary N) is 2. The largest absolute Gasteiger partial charge is 0.475 e. The minimum atomic E-state index is -4.29. The van der Waals surface area contributed by atoms with E-state index in [0.29, 0.717) is 35.8 Å². The van der Waals surface area contributed by atoms with Gasteiger partial charge in [-0.25, -0.2) is 14.2 Å². The van der Waals surface area contributed by atoms with Crippen LogP contribution in [0.3, 0.4) is 0 Å². The number of hydrogen-bond donors (Lipinski definition) is 3. The molecule has 0 spiro atoms. The number of pyridine rings is 1. The average Bonchev–Trinajstić information content (AvgIpc) is 3.66. The third-order valence-electron chi connectivity index (χ3n) is 7.02. The van der Waals surface area contributed by atoms with E-state index in [1.807, 2.05) is 6.07 Å². The third kappa shape index (κ3) is 6.51. The van der Waals surface area contributed by atoms with Crippen LogP contribution >= 0.6 is 0 Å². The maximum Gasteiger partial charge on any atom is 0.394 e. The Bertz CT molecular complexity index is 1120. The van der Waals surface area contributed by atoms with Crippen LogP contribution in [0, 0.1) is 18.2 Å². The molecule has 0 radical (unpaired) electrons. The Kier molecular flexibility index (Phi) is 8.23. The molecule has 2 heterocycles. The molecule has 0 bridgehead atoms. The molecule has 0 unspecified atom stereocenters. The van der Waals surface area contributed by atoms with Crippen molar-refractivity contribution in [1.29, 1.82) is 0 Å². The molecule has 202 valence electrons. The number of carbonyl (C=O) groups is 1. The van der Waals surface area contributed by atoms with Gasteiger partial charge in [0.25, 0.3) is 0 Å². The zero-order valence-electron chi connectivity index (χ0n) is 20.6. The highest BCUT2D eigenvalue weighted by Crippen LogP contribution is 2.59. The summed E-state index contributed by atoms with van der Waals surface area (Å²) in [6.45, 7) is 2.68. The zero-order valence-corrected chi connectivity index (χ0v) is 20.6. The lowest BCUT2D eigenvalue weighted by atomic mass is 9.92. The molecule has 1 aliphatic carbocycles. The molecule has 1 saturated carbocycles. The van der Waals surface area contributed by atoms with Crippen LogP contribution in [-0.4, -0.2) is 55.3 Å². The normalized spacial score (nSPS) is 17.4. The minimum absolute atomic E-state index is 0.0571. The fraction of sp³-hybridized carbons (Fsp3) is 0.538. The molecular weight excluding hydrogens is 494 g/mol. The lowest BCUT2D eigenvalue weighted by Gasteiger charge is -2.23. The summed E-state index contributed by atoms with van der Waals surface area (Å²) in [6.07, 6.45) is -2.81. The molecule has 1 aliphatic heterocycles. The van der Waals surface area contributed by atoms with Crippen molar-refractivity contribution >= 4 is 11.7 Å². The standard InChI is InChI=1S/C26H31F4N3O4/c1-16-12-20(27)22(33-24(35)31-7-6-25(4-5-25)26(28,29)30)15-19(16)18-13-21(17-2-9-36-10-3-17)32-23(14-18)37-11-8-34/h12-15,17,34H,2-11H2,1H3,(H2,31,33,35). The number of aliphatic hydroxyl groups excluding tert-OH is 1. The van der Waals surface area contributed by atoms with Gasteiger partial charge in [-0.05, 0) is 73.9 Å². The topological polar surface area (TPSA) is 92.7 Å². The number of aliphatic hydroxyl groups is 1. The van der Waals surface area contributed by atoms with Gasteiger partial charge in [-0.3, -0.25) is 0 Å². The van der Waals surface area contributed by atoms with Crippen LogP contribution in [0.4, 0.5) is 28.0 Å². The fourth-order valence-corrected chi connectivity index (χ4v) is 4.60. The molecule has 2 aliphatic rings. The molecule has 2 aromatic rings. The first kappa shape index (κ1) is 27.1. The summed E-state index contributed by atoms with van der Waals surface area (Å²) in [6, 6.07) is 5.58. The van der Waals surface area contributed by atoms with E-state index in [0.717, 1.165) is 18.5 Å². The Labute approximate surface area is 212 Å². The fourth-order valence-electron chi connectivity index (χ4n) is 4.60. The van der Waals surface area contributed by atoms with Crippen molar-refractivity contribution in [1.82, 2.24) is 10.3 Å². The van der Waals surface area contributed by atoms with Gasteiger partial charge < -0.3 is 25.2 Å².